The molecule has 0 fully saturated rings. The lowest BCUT2D eigenvalue weighted by molar-refractivity contribution is 0.509. The van der Waals surface area contributed by atoms with Crippen molar-refractivity contribution >= 4 is 17.1 Å². The summed E-state index contributed by atoms with van der Waals surface area (Å²) in [4.78, 5) is 2.45. The Morgan fingerprint density at radius 3 is 1.95 bits per heavy atom. The van der Waals surface area contributed by atoms with Crippen LogP contribution in [0, 0.1) is 5.92 Å². The first-order valence-electron chi connectivity index (χ1n) is 8.24. The number of para-hydroxylation sites is 1. The van der Waals surface area contributed by atoms with Crippen LogP contribution in [0.5, 0.6) is 0 Å². The van der Waals surface area contributed by atoms with Crippen LogP contribution in [0.3, 0.4) is 0 Å². The van der Waals surface area contributed by atoms with Crippen LogP contribution in [0.4, 0.5) is 17.1 Å². The Morgan fingerprint density at radius 1 is 0.818 bits per heavy atom. The van der Waals surface area contributed by atoms with Crippen LogP contribution in [-0.2, 0) is 0 Å². The summed E-state index contributed by atoms with van der Waals surface area (Å²) in [6.45, 7) is 6.91. The Hall–Kier alpha value is -1.96. The summed E-state index contributed by atoms with van der Waals surface area (Å²) in [5.74, 6) is 0.742. The number of nitrogens with zero attached hydrogens (tertiary/aromatic N) is 1. The molecule has 1 N–H and O–H groups in total. The van der Waals surface area contributed by atoms with Gasteiger partial charge in [-0.15, -0.1) is 0 Å². The van der Waals surface area contributed by atoms with Crippen molar-refractivity contribution in [3.8, 4) is 0 Å². The molecule has 0 aliphatic rings. The molecule has 0 saturated carbocycles. The smallest absolute Gasteiger partial charge is 0.0414 e. The van der Waals surface area contributed by atoms with Crippen LogP contribution < -0.4 is 10.2 Å². The maximum atomic E-state index is 3.18. The SMILES string of the molecule is CNc1ccc(N(c2ccccc2)C(C)CCC(C)C)cc1. The molecule has 2 aromatic carbocycles. The fourth-order valence-corrected chi connectivity index (χ4v) is 2.74. The molecule has 0 spiro atoms. The average Bonchev–Trinajstić information content (AvgIpc) is 2.55. The van der Waals surface area contributed by atoms with E-state index in [4.69, 9.17) is 0 Å². The van der Waals surface area contributed by atoms with Crippen molar-refractivity contribution in [1.29, 1.82) is 0 Å². The molecule has 0 bridgehead atoms. The van der Waals surface area contributed by atoms with Gasteiger partial charge in [-0.2, -0.15) is 0 Å². The number of nitrogens with one attached hydrogen (secondary N) is 1. The predicted molar refractivity (Wildman–Crippen MR) is 98.1 cm³/mol. The molecule has 0 saturated heterocycles. The fraction of sp³-hybridized carbons (Fsp3) is 0.400. The summed E-state index contributed by atoms with van der Waals surface area (Å²) in [6.07, 6.45) is 2.44. The molecule has 2 heteroatoms. The van der Waals surface area contributed by atoms with E-state index < -0.39 is 0 Å². The summed E-state index contributed by atoms with van der Waals surface area (Å²) >= 11 is 0. The maximum absolute atomic E-state index is 3.18. The molecule has 0 aliphatic carbocycles. The highest BCUT2D eigenvalue weighted by molar-refractivity contribution is 5.66. The largest absolute Gasteiger partial charge is 0.388 e. The Bertz CT molecular complexity index is 546. The van der Waals surface area contributed by atoms with Gasteiger partial charge in [0.15, 0.2) is 0 Å². The fourth-order valence-electron chi connectivity index (χ4n) is 2.74. The van der Waals surface area contributed by atoms with Gasteiger partial charge in [-0.1, -0.05) is 32.0 Å². The van der Waals surface area contributed by atoms with Gasteiger partial charge in [-0.3, -0.25) is 0 Å². The topological polar surface area (TPSA) is 15.3 Å². The monoisotopic (exact) mass is 296 g/mol. The van der Waals surface area contributed by atoms with Crippen molar-refractivity contribution in [3.05, 3.63) is 54.6 Å². The maximum Gasteiger partial charge on any atom is 0.0414 e. The Labute approximate surface area is 135 Å². The Kier molecular flexibility index (Phi) is 5.88. The molecule has 1 atom stereocenters. The van der Waals surface area contributed by atoms with Crippen molar-refractivity contribution in [2.75, 3.05) is 17.3 Å². The van der Waals surface area contributed by atoms with E-state index in [2.05, 4.69) is 85.6 Å². The number of rotatable bonds is 7. The van der Waals surface area contributed by atoms with Gasteiger partial charge in [-0.25, -0.2) is 0 Å². The van der Waals surface area contributed by atoms with Crippen molar-refractivity contribution < 1.29 is 0 Å². The third kappa shape index (κ3) is 4.27. The number of benzene rings is 2. The van der Waals surface area contributed by atoms with Crippen molar-refractivity contribution in [2.24, 2.45) is 5.92 Å². The number of hydrogen-bond donors (Lipinski definition) is 1. The van der Waals surface area contributed by atoms with Crippen LogP contribution in [0.1, 0.15) is 33.6 Å². The third-order valence-corrected chi connectivity index (χ3v) is 4.07. The molecule has 2 nitrogen and oxygen atoms in total. The first-order chi connectivity index (χ1) is 10.6. The zero-order valence-corrected chi connectivity index (χ0v) is 14.2. The summed E-state index contributed by atoms with van der Waals surface area (Å²) in [6, 6.07) is 19.8. The highest BCUT2D eigenvalue weighted by Gasteiger charge is 2.16. The average molecular weight is 296 g/mol. The van der Waals surface area contributed by atoms with Crippen LogP contribution in [-0.4, -0.2) is 13.1 Å². The van der Waals surface area contributed by atoms with Gasteiger partial charge in [0, 0.05) is 30.2 Å². The molecule has 2 aromatic rings. The van der Waals surface area contributed by atoms with Gasteiger partial charge in [-0.05, 0) is 62.1 Å². The zero-order chi connectivity index (χ0) is 15.9. The molecule has 2 rings (SSSR count). The lowest BCUT2D eigenvalue weighted by atomic mass is 10.0. The second-order valence-electron chi connectivity index (χ2n) is 6.32. The first kappa shape index (κ1) is 16.4. The van der Waals surface area contributed by atoms with Crippen LogP contribution >= 0.6 is 0 Å². The van der Waals surface area contributed by atoms with Gasteiger partial charge in [0.2, 0.25) is 0 Å². The van der Waals surface area contributed by atoms with E-state index in [9.17, 15) is 0 Å². The molecular formula is C20H28N2. The second kappa shape index (κ2) is 7.88. The van der Waals surface area contributed by atoms with E-state index in [0.29, 0.717) is 6.04 Å². The van der Waals surface area contributed by atoms with Crippen LogP contribution in [0.2, 0.25) is 0 Å². The van der Waals surface area contributed by atoms with Crippen molar-refractivity contribution in [1.82, 2.24) is 0 Å². The molecule has 118 valence electrons. The molecule has 0 amide bonds. The molecule has 0 heterocycles. The zero-order valence-electron chi connectivity index (χ0n) is 14.2. The lowest BCUT2D eigenvalue weighted by Gasteiger charge is -2.32. The minimum Gasteiger partial charge on any atom is -0.388 e. The molecule has 0 aliphatic heterocycles. The minimum absolute atomic E-state index is 0.477. The standard InChI is InChI=1S/C20H28N2/c1-16(2)10-11-17(3)22(19-8-6-5-7-9-19)20-14-12-18(21-4)13-15-20/h5-9,12-17,21H,10-11H2,1-4H3. The highest BCUT2D eigenvalue weighted by atomic mass is 15.2. The van der Waals surface area contributed by atoms with E-state index >= 15 is 0 Å². The van der Waals surface area contributed by atoms with E-state index in [-0.39, 0.29) is 0 Å². The normalized spacial score (nSPS) is 12.2. The van der Waals surface area contributed by atoms with Crippen molar-refractivity contribution in [3.63, 3.8) is 0 Å². The highest BCUT2D eigenvalue weighted by Crippen LogP contribution is 2.30. The Balaban J connectivity index is 2.28. The van der Waals surface area contributed by atoms with Crippen LogP contribution in [0.15, 0.2) is 54.6 Å². The lowest BCUT2D eigenvalue weighted by Crippen LogP contribution is -2.28. The molecule has 1 unspecified atom stereocenters. The van der Waals surface area contributed by atoms with Crippen LogP contribution in [0.25, 0.3) is 0 Å². The minimum atomic E-state index is 0.477. The van der Waals surface area contributed by atoms with Gasteiger partial charge in [0.25, 0.3) is 0 Å². The summed E-state index contributed by atoms with van der Waals surface area (Å²) < 4.78 is 0. The summed E-state index contributed by atoms with van der Waals surface area (Å²) in [5.41, 5.74) is 3.66. The quantitative estimate of drug-likeness (QED) is 0.706. The number of anilines is 3. The van der Waals surface area contributed by atoms with E-state index in [1.807, 2.05) is 7.05 Å². The predicted octanol–water partition coefficient (Wildman–Crippen LogP) is 5.69. The van der Waals surface area contributed by atoms with Gasteiger partial charge >= 0.3 is 0 Å². The first-order valence-corrected chi connectivity index (χ1v) is 8.24. The van der Waals surface area contributed by atoms with Gasteiger partial charge in [0.1, 0.15) is 0 Å². The van der Waals surface area contributed by atoms with E-state index in [1.165, 1.54) is 24.2 Å². The third-order valence-electron chi connectivity index (χ3n) is 4.07. The molecule has 0 radical (unpaired) electrons. The summed E-state index contributed by atoms with van der Waals surface area (Å²) in [5, 5.41) is 3.18. The second-order valence-corrected chi connectivity index (χ2v) is 6.32. The molecule has 22 heavy (non-hydrogen) atoms. The Morgan fingerprint density at radius 2 is 1.41 bits per heavy atom. The van der Waals surface area contributed by atoms with Gasteiger partial charge in [0.05, 0.1) is 0 Å². The molecule has 0 aromatic heterocycles. The van der Waals surface area contributed by atoms with E-state index in [0.717, 1.165) is 11.6 Å². The molecular weight excluding hydrogens is 268 g/mol. The van der Waals surface area contributed by atoms with E-state index in [1.54, 1.807) is 0 Å². The number of hydrogen-bond acceptors (Lipinski definition) is 2. The summed E-state index contributed by atoms with van der Waals surface area (Å²) in [7, 11) is 1.95. The van der Waals surface area contributed by atoms with Gasteiger partial charge < -0.3 is 10.2 Å². The van der Waals surface area contributed by atoms with Crippen molar-refractivity contribution in [2.45, 2.75) is 39.7 Å².